The van der Waals surface area contributed by atoms with Crippen LogP contribution in [0.1, 0.15) is 55.4 Å². The van der Waals surface area contributed by atoms with Crippen LogP contribution in [0.4, 0.5) is 0 Å². The molecule has 0 aromatic heterocycles. The Morgan fingerprint density at radius 2 is 1.39 bits per heavy atom. The summed E-state index contributed by atoms with van der Waals surface area (Å²) in [6.45, 7) is 18.7. The first kappa shape index (κ1) is 18.5. The van der Waals surface area contributed by atoms with E-state index >= 15 is 0 Å². The zero-order valence-corrected chi connectivity index (χ0v) is 17.4. The maximum atomic E-state index is 6.66. The molecule has 0 bridgehead atoms. The molecule has 0 fully saturated rings. The summed E-state index contributed by atoms with van der Waals surface area (Å²) < 4.78 is 11.3. The number of hydrogen-bond acceptors (Lipinski definition) is 2. The summed E-state index contributed by atoms with van der Waals surface area (Å²) in [5.74, 6) is 0. The molecule has 0 heterocycles. The van der Waals surface area contributed by atoms with Crippen LogP contribution in [0.2, 0.25) is 9.36 Å². The van der Waals surface area contributed by atoms with E-state index < -0.39 is 21.9 Å². The van der Waals surface area contributed by atoms with Crippen molar-refractivity contribution < 1.29 is 2.85 Å². The Labute approximate surface area is 123 Å². The Morgan fingerprint density at radius 1 is 1.00 bits per heavy atom. The van der Waals surface area contributed by atoms with Crippen molar-refractivity contribution in [1.29, 1.82) is 0 Å². The fourth-order valence-electron chi connectivity index (χ4n) is 3.35. The molecule has 0 N–H and O–H groups in total. The molecule has 0 saturated heterocycles. The third-order valence-corrected chi connectivity index (χ3v) is 5.78. The van der Waals surface area contributed by atoms with E-state index in [1.54, 1.807) is 0 Å². The molecule has 0 aromatic rings. The van der Waals surface area contributed by atoms with Crippen LogP contribution in [0.15, 0.2) is 4.99 Å². The molecule has 3 heteroatoms. The molecule has 0 aliphatic carbocycles. The molecule has 0 atom stereocenters. The van der Waals surface area contributed by atoms with Crippen LogP contribution >= 0.6 is 0 Å². The predicted octanol–water partition coefficient (Wildman–Crippen LogP) is 4.57. The Hall–Kier alpha value is 0.500. The Balaban J connectivity index is 5.97. The van der Waals surface area contributed by atoms with Gasteiger partial charge in [-0.3, -0.25) is 0 Å². The van der Waals surface area contributed by atoms with E-state index in [9.17, 15) is 0 Å². The van der Waals surface area contributed by atoms with E-state index in [1.807, 2.05) is 0 Å². The van der Waals surface area contributed by atoms with Gasteiger partial charge in [0, 0.05) is 0 Å². The second-order valence-corrected chi connectivity index (χ2v) is 14.1. The zero-order valence-electron chi connectivity index (χ0n) is 14.1. The van der Waals surface area contributed by atoms with Crippen LogP contribution in [0.5, 0.6) is 0 Å². The molecular formula is C15H32InNO. The van der Waals surface area contributed by atoms with Crippen LogP contribution in [-0.2, 0) is 2.85 Å². The van der Waals surface area contributed by atoms with Crippen molar-refractivity contribution in [3.05, 3.63) is 0 Å². The molecule has 0 radical (unpaired) electrons. The van der Waals surface area contributed by atoms with Gasteiger partial charge in [0.2, 0.25) is 0 Å². The molecule has 0 aliphatic heterocycles. The molecule has 0 aliphatic rings. The SMILES string of the molecule is CCN=C(C)C([O][In]([CH3])[CH3])(C(C)(C)C)C(C)(C)C. The van der Waals surface area contributed by atoms with Gasteiger partial charge in [-0.05, 0) is 0 Å². The molecule has 0 aromatic carbocycles. The topological polar surface area (TPSA) is 21.6 Å². The summed E-state index contributed by atoms with van der Waals surface area (Å²) in [5.41, 5.74) is 1.01. The van der Waals surface area contributed by atoms with Gasteiger partial charge in [0.05, 0.1) is 0 Å². The molecule has 0 amide bonds. The second kappa shape index (κ2) is 6.30. The monoisotopic (exact) mass is 357 g/mol. The predicted molar refractivity (Wildman–Crippen MR) is 83.9 cm³/mol. The van der Waals surface area contributed by atoms with E-state index in [2.05, 4.69) is 64.8 Å². The quantitative estimate of drug-likeness (QED) is 0.676. The molecule has 18 heavy (non-hydrogen) atoms. The number of rotatable bonds is 4. The van der Waals surface area contributed by atoms with Gasteiger partial charge in [-0.1, -0.05) is 0 Å². The van der Waals surface area contributed by atoms with E-state index in [4.69, 9.17) is 7.85 Å². The fourth-order valence-corrected chi connectivity index (χ4v) is 7.87. The van der Waals surface area contributed by atoms with Crippen LogP contribution in [0, 0.1) is 10.8 Å². The third-order valence-electron chi connectivity index (χ3n) is 3.43. The van der Waals surface area contributed by atoms with Gasteiger partial charge in [-0.15, -0.1) is 0 Å². The first-order valence-electron chi connectivity index (χ1n) is 7.09. The number of nitrogens with zero attached hydrogens (tertiary/aromatic N) is 1. The number of hydrogen-bond donors (Lipinski definition) is 0. The summed E-state index contributed by atoms with van der Waals surface area (Å²) in [6, 6.07) is 0. The molecule has 106 valence electrons. The molecule has 0 unspecified atom stereocenters. The van der Waals surface area contributed by atoms with Gasteiger partial charge >= 0.3 is 123 Å². The van der Waals surface area contributed by atoms with Gasteiger partial charge in [0.1, 0.15) is 0 Å². The van der Waals surface area contributed by atoms with Crippen molar-refractivity contribution in [2.75, 3.05) is 6.54 Å². The van der Waals surface area contributed by atoms with E-state index in [0.717, 1.165) is 12.3 Å². The van der Waals surface area contributed by atoms with Crippen molar-refractivity contribution in [3.8, 4) is 0 Å². The standard InChI is InChI=1S/C13H26NO.2CH3.In/c1-9-14-10(2)13(15,11(3,4)5)12(6,7)8;;;/h9H2,1-8H3;2*1H3;/q-1;;;+1. The molecular weight excluding hydrogens is 325 g/mol. The first-order chi connectivity index (χ1) is 7.90. The Bertz CT molecular complexity index is 281. The zero-order chi connectivity index (χ0) is 14.8. The summed E-state index contributed by atoms with van der Waals surface area (Å²) >= 11 is -1.84. The van der Waals surface area contributed by atoms with Crippen LogP contribution < -0.4 is 0 Å². The van der Waals surface area contributed by atoms with Crippen molar-refractivity contribution in [2.45, 2.75) is 70.4 Å². The Kier molecular flexibility index (Phi) is 6.48. The van der Waals surface area contributed by atoms with Gasteiger partial charge < -0.3 is 0 Å². The van der Waals surface area contributed by atoms with E-state index in [-0.39, 0.29) is 16.4 Å². The average molecular weight is 357 g/mol. The first-order valence-corrected chi connectivity index (χ1v) is 15.0. The summed E-state index contributed by atoms with van der Waals surface area (Å²) in [4.78, 5) is 4.71. The van der Waals surface area contributed by atoms with Crippen molar-refractivity contribution in [1.82, 2.24) is 0 Å². The van der Waals surface area contributed by atoms with Gasteiger partial charge in [-0.2, -0.15) is 0 Å². The molecule has 0 spiro atoms. The maximum absolute atomic E-state index is 6.66. The normalized spacial score (nSPS) is 14.9. The molecule has 0 rings (SSSR count). The van der Waals surface area contributed by atoms with Crippen molar-refractivity contribution in [2.24, 2.45) is 15.8 Å². The average Bonchev–Trinajstić information content (AvgIpc) is 2.09. The molecule has 0 saturated carbocycles. The van der Waals surface area contributed by atoms with Crippen LogP contribution in [0.25, 0.3) is 0 Å². The minimum absolute atomic E-state index is 0.0508. The van der Waals surface area contributed by atoms with Crippen molar-refractivity contribution >= 4 is 27.6 Å². The summed E-state index contributed by atoms with van der Waals surface area (Å²) in [5, 5.41) is 0. The van der Waals surface area contributed by atoms with Gasteiger partial charge in [0.25, 0.3) is 0 Å². The van der Waals surface area contributed by atoms with Crippen LogP contribution in [-0.4, -0.2) is 39.7 Å². The van der Waals surface area contributed by atoms with Gasteiger partial charge in [0.15, 0.2) is 0 Å². The number of aliphatic imine (C=N–C) groups is 1. The fraction of sp³-hybridized carbons (Fsp3) is 0.933. The second-order valence-electron chi connectivity index (χ2n) is 7.41. The third kappa shape index (κ3) is 3.75. The van der Waals surface area contributed by atoms with Crippen molar-refractivity contribution in [3.63, 3.8) is 0 Å². The van der Waals surface area contributed by atoms with E-state index in [0.29, 0.717) is 0 Å². The summed E-state index contributed by atoms with van der Waals surface area (Å²) in [7, 11) is 0. The van der Waals surface area contributed by atoms with E-state index in [1.165, 1.54) is 0 Å². The Morgan fingerprint density at radius 3 is 1.61 bits per heavy atom. The van der Waals surface area contributed by atoms with Crippen LogP contribution in [0.3, 0.4) is 0 Å². The summed E-state index contributed by atoms with van der Waals surface area (Å²) in [6.07, 6.45) is 0. The van der Waals surface area contributed by atoms with Gasteiger partial charge in [-0.25, -0.2) is 0 Å². The molecule has 2 nitrogen and oxygen atoms in total. The minimum atomic E-state index is -1.84.